The van der Waals surface area contributed by atoms with Gasteiger partial charge in [-0.25, -0.2) is 4.68 Å². The van der Waals surface area contributed by atoms with Gasteiger partial charge >= 0.3 is 0 Å². The van der Waals surface area contributed by atoms with Gasteiger partial charge in [0.25, 0.3) is 5.56 Å². The molecule has 9 heteroatoms. The highest BCUT2D eigenvalue weighted by molar-refractivity contribution is 5.93. The van der Waals surface area contributed by atoms with Crippen LogP contribution in [0.2, 0.25) is 0 Å². The minimum atomic E-state index is -0.181. The Labute approximate surface area is 262 Å². The van der Waals surface area contributed by atoms with Crippen LogP contribution in [0.4, 0.5) is 11.4 Å². The summed E-state index contributed by atoms with van der Waals surface area (Å²) in [5.74, 6) is 0.0759. The topological polar surface area (TPSA) is 101 Å². The number of rotatable bonds is 11. The van der Waals surface area contributed by atoms with E-state index in [1.165, 1.54) is 4.68 Å². The molecule has 5 aromatic rings. The van der Waals surface area contributed by atoms with Crippen LogP contribution in [0.5, 0.6) is 0 Å². The monoisotopic (exact) mass is 602 g/mol. The smallest absolute Gasteiger partial charge is 0.290 e. The lowest BCUT2D eigenvalue weighted by Crippen LogP contribution is -2.41. The molecule has 0 radical (unpaired) electrons. The van der Waals surface area contributed by atoms with Crippen molar-refractivity contribution < 1.29 is 9.53 Å². The maximum Gasteiger partial charge on any atom is 0.290 e. The van der Waals surface area contributed by atoms with Crippen molar-refractivity contribution in [3.05, 3.63) is 107 Å². The second-order valence-electron chi connectivity index (χ2n) is 11.1. The van der Waals surface area contributed by atoms with E-state index in [0.717, 1.165) is 71.7 Å². The molecular formula is C36H38N6O3. The Morgan fingerprint density at radius 1 is 0.889 bits per heavy atom. The first-order chi connectivity index (χ1) is 22.1. The van der Waals surface area contributed by atoms with E-state index in [1.807, 2.05) is 55.5 Å². The van der Waals surface area contributed by atoms with Crippen LogP contribution < -0.4 is 16.2 Å². The van der Waals surface area contributed by atoms with Crippen LogP contribution in [-0.4, -0.2) is 65.0 Å². The zero-order valence-electron chi connectivity index (χ0n) is 25.5. The number of morpholine rings is 1. The van der Waals surface area contributed by atoms with Crippen LogP contribution in [-0.2, 0) is 22.5 Å². The third-order valence-electron chi connectivity index (χ3n) is 8.13. The first-order valence-corrected chi connectivity index (χ1v) is 15.6. The number of pyridine rings is 1. The van der Waals surface area contributed by atoms with Crippen LogP contribution in [0.3, 0.4) is 0 Å². The number of amides is 1. The largest absolute Gasteiger partial charge is 0.379 e. The predicted molar refractivity (Wildman–Crippen MR) is 179 cm³/mol. The number of benzene rings is 3. The molecule has 3 heterocycles. The van der Waals surface area contributed by atoms with Crippen molar-refractivity contribution in [3.63, 3.8) is 0 Å². The highest BCUT2D eigenvalue weighted by Gasteiger charge is 2.13. The number of carbonyl (C=O) groups excluding carboxylic acids is 1. The summed E-state index contributed by atoms with van der Waals surface area (Å²) in [4.78, 5) is 32.4. The van der Waals surface area contributed by atoms with E-state index in [0.29, 0.717) is 37.3 Å². The quantitative estimate of drug-likeness (QED) is 0.212. The van der Waals surface area contributed by atoms with E-state index in [1.54, 1.807) is 6.20 Å². The number of fused-ring (bicyclic) bond motifs is 1. The summed E-state index contributed by atoms with van der Waals surface area (Å²) in [6.45, 7) is 7.27. The zero-order valence-corrected chi connectivity index (χ0v) is 25.5. The van der Waals surface area contributed by atoms with Crippen molar-refractivity contribution in [1.29, 1.82) is 0 Å². The lowest BCUT2D eigenvalue weighted by molar-refractivity contribution is -0.121. The van der Waals surface area contributed by atoms with Crippen molar-refractivity contribution >= 4 is 28.2 Å². The Hall–Kier alpha value is -4.86. The summed E-state index contributed by atoms with van der Waals surface area (Å²) < 4.78 is 6.86. The molecule has 9 nitrogen and oxygen atoms in total. The molecule has 0 bridgehead atoms. The van der Waals surface area contributed by atoms with E-state index < -0.39 is 0 Å². The van der Waals surface area contributed by atoms with Gasteiger partial charge in [0.2, 0.25) is 5.91 Å². The number of nitrogens with zero attached hydrogens (tertiary/aromatic N) is 4. The number of nitrogens with one attached hydrogen (secondary N) is 2. The fourth-order valence-electron chi connectivity index (χ4n) is 5.59. The number of aryl methyl sites for hydroxylation is 2. The Morgan fingerprint density at radius 3 is 2.51 bits per heavy atom. The van der Waals surface area contributed by atoms with Gasteiger partial charge in [-0.2, -0.15) is 5.10 Å². The minimum absolute atomic E-state index is 0.0759. The van der Waals surface area contributed by atoms with Crippen molar-refractivity contribution in [2.45, 2.75) is 26.3 Å². The minimum Gasteiger partial charge on any atom is -0.379 e. The predicted octanol–water partition coefficient (Wildman–Crippen LogP) is 5.27. The van der Waals surface area contributed by atoms with Crippen LogP contribution in [0, 0.1) is 0 Å². The highest BCUT2D eigenvalue weighted by Crippen LogP contribution is 2.28. The molecular weight excluding hydrogens is 564 g/mol. The van der Waals surface area contributed by atoms with Crippen LogP contribution in [0.15, 0.2) is 95.9 Å². The van der Waals surface area contributed by atoms with Crippen LogP contribution >= 0.6 is 0 Å². The molecule has 0 spiro atoms. The van der Waals surface area contributed by atoms with E-state index in [-0.39, 0.29) is 11.5 Å². The molecule has 6 rings (SSSR count). The van der Waals surface area contributed by atoms with Gasteiger partial charge in [-0.1, -0.05) is 48.5 Å². The summed E-state index contributed by atoms with van der Waals surface area (Å²) in [6.07, 6.45) is 2.91. The third-order valence-corrected chi connectivity index (χ3v) is 8.13. The second kappa shape index (κ2) is 14.3. The molecule has 45 heavy (non-hydrogen) atoms. The van der Waals surface area contributed by atoms with Gasteiger partial charge in [-0.15, -0.1) is 0 Å². The average Bonchev–Trinajstić information content (AvgIpc) is 3.09. The van der Waals surface area contributed by atoms with Gasteiger partial charge in [0.05, 0.1) is 24.4 Å². The van der Waals surface area contributed by atoms with Gasteiger partial charge in [-0.3, -0.25) is 19.5 Å². The maximum atomic E-state index is 13.2. The Bertz CT molecular complexity index is 1820. The summed E-state index contributed by atoms with van der Waals surface area (Å²) in [5.41, 5.74) is 6.80. The summed E-state index contributed by atoms with van der Waals surface area (Å²) in [7, 11) is 0. The first kappa shape index (κ1) is 30.2. The van der Waals surface area contributed by atoms with E-state index in [4.69, 9.17) is 4.74 Å². The first-order valence-electron chi connectivity index (χ1n) is 15.6. The average molecular weight is 603 g/mol. The van der Waals surface area contributed by atoms with Crippen molar-refractivity contribution in [1.82, 2.24) is 25.0 Å². The van der Waals surface area contributed by atoms with Crippen LogP contribution in [0.25, 0.3) is 33.3 Å². The molecule has 1 aliphatic heterocycles. The Kier molecular flexibility index (Phi) is 9.58. The number of hydrogen-bond acceptors (Lipinski definition) is 7. The van der Waals surface area contributed by atoms with Crippen molar-refractivity contribution in [3.8, 4) is 22.4 Å². The SMILES string of the molecule is CCn1nc(-c2cccc(-c3ccc(CCC(=O)NCCN4CCOCC4)cc3)c2)cc(Nc2cccc3ncccc23)c1=O. The van der Waals surface area contributed by atoms with Crippen molar-refractivity contribution in [2.24, 2.45) is 0 Å². The molecule has 1 saturated heterocycles. The van der Waals surface area contributed by atoms with Gasteiger partial charge in [0.1, 0.15) is 5.69 Å². The lowest BCUT2D eigenvalue weighted by atomic mass is 9.99. The Balaban J connectivity index is 1.14. The van der Waals surface area contributed by atoms with Gasteiger partial charge in [0, 0.05) is 62.0 Å². The van der Waals surface area contributed by atoms with Gasteiger partial charge in [0.15, 0.2) is 0 Å². The van der Waals surface area contributed by atoms with Crippen LogP contribution in [0.1, 0.15) is 18.9 Å². The van der Waals surface area contributed by atoms with E-state index >= 15 is 0 Å². The second-order valence-corrected chi connectivity index (χ2v) is 11.1. The number of aromatic nitrogens is 3. The molecule has 1 fully saturated rings. The van der Waals surface area contributed by atoms with Crippen molar-refractivity contribution in [2.75, 3.05) is 44.7 Å². The fraction of sp³-hybridized carbons (Fsp3) is 0.278. The third kappa shape index (κ3) is 7.45. The highest BCUT2D eigenvalue weighted by atomic mass is 16.5. The van der Waals surface area contributed by atoms with E-state index in [2.05, 4.69) is 62.0 Å². The number of hydrogen-bond donors (Lipinski definition) is 2. The molecule has 0 atom stereocenters. The standard InChI is InChI=1S/C36H38N6O3/c1-2-42-36(44)34(39-32-10-4-9-31-30(32)8-5-17-37-31)25-33(40-42)29-7-3-6-28(24-29)27-14-11-26(12-15-27)13-16-35(43)38-18-19-41-20-22-45-23-21-41/h3-12,14-15,17,24-25,39H,2,13,16,18-23H2,1H3,(H,38,43). The van der Waals surface area contributed by atoms with E-state index in [9.17, 15) is 9.59 Å². The summed E-state index contributed by atoms with van der Waals surface area (Å²) >= 11 is 0. The summed E-state index contributed by atoms with van der Waals surface area (Å²) in [5, 5.41) is 12.0. The zero-order chi connectivity index (χ0) is 31.0. The Morgan fingerprint density at radius 2 is 1.69 bits per heavy atom. The number of anilines is 2. The molecule has 230 valence electrons. The van der Waals surface area contributed by atoms with Gasteiger partial charge < -0.3 is 15.4 Å². The molecule has 0 aliphatic carbocycles. The fourth-order valence-corrected chi connectivity index (χ4v) is 5.59. The normalized spacial score (nSPS) is 13.5. The molecule has 1 amide bonds. The molecule has 3 aromatic carbocycles. The molecule has 2 N–H and O–H groups in total. The number of carbonyl (C=O) groups is 1. The number of ether oxygens (including phenoxy) is 1. The molecule has 0 unspecified atom stereocenters. The molecule has 2 aromatic heterocycles. The lowest BCUT2D eigenvalue weighted by Gasteiger charge is -2.26. The summed E-state index contributed by atoms with van der Waals surface area (Å²) in [6, 6.07) is 28.0. The maximum absolute atomic E-state index is 13.2. The molecule has 1 aliphatic rings. The van der Waals surface area contributed by atoms with Gasteiger partial charge in [-0.05, 0) is 66.4 Å². The molecule has 0 saturated carbocycles.